The normalized spacial score (nSPS) is 10.1. The van der Waals surface area contributed by atoms with E-state index < -0.39 is 0 Å². The number of anilines is 1. The van der Waals surface area contributed by atoms with E-state index in [0.29, 0.717) is 6.61 Å². The van der Waals surface area contributed by atoms with Crippen LogP contribution in [0.2, 0.25) is 0 Å². The van der Waals surface area contributed by atoms with Crippen molar-refractivity contribution in [2.24, 2.45) is 0 Å². The average molecular weight is 307 g/mol. The van der Waals surface area contributed by atoms with Crippen LogP contribution in [0, 0.1) is 0 Å². The molecule has 1 heterocycles. The molecular formula is C14H15BrN2O. The van der Waals surface area contributed by atoms with Gasteiger partial charge in [-0.25, -0.2) is 4.98 Å². The maximum atomic E-state index is 5.75. The number of para-hydroxylation sites is 1. The fourth-order valence-corrected chi connectivity index (χ4v) is 1.96. The first-order valence-corrected chi connectivity index (χ1v) is 6.65. The first kappa shape index (κ1) is 12.9. The van der Waals surface area contributed by atoms with Crippen LogP contribution in [0.15, 0.2) is 47.1 Å². The number of hydrogen-bond donors (Lipinski definition) is 1. The number of nitrogens with one attached hydrogen (secondary N) is 1. The molecule has 0 radical (unpaired) electrons. The van der Waals surface area contributed by atoms with Crippen molar-refractivity contribution in [3.8, 4) is 5.75 Å². The molecule has 0 aliphatic rings. The molecular weight excluding hydrogens is 292 g/mol. The molecule has 94 valence electrons. The molecule has 0 spiro atoms. The highest BCUT2D eigenvalue weighted by Crippen LogP contribution is 2.24. The third-order valence-electron chi connectivity index (χ3n) is 2.41. The lowest BCUT2D eigenvalue weighted by Gasteiger charge is -2.09. The minimum atomic E-state index is 0.531. The molecule has 3 nitrogen and oxygen atoms in total. The Labute approximate surface area is 115 Å². The molecule has 4 heteroatoms. The molecule has 2 aromatic rings. The molecule has 0 amide bonds. The lowest BCUT2D eigenvalue weighted by Crippen LogP contribution is -2.01. The molecule has 0 unspecified atom stereocenters. The van der Waals surface area contributed by atoms with Crippen LogP contribution in [0.25, 0.3) is 0 Å². The van der Waals surface area contributed by atoms with Crippen molar-refractivity contribution in [2.45, 2.75) is 13.5 Å². The number of hydrogen-bond acceptors (Lipinski definition) is 3. The summed E-state index contributed by atoms with van der Waals surface area (Å²) in [5, 5.41) is 3.18. The summed E-state index contributed by atoms with van der Waals surface area (Å²) in [6.07, 6.45) is 1.79. The summed E-state index contributed by atoms with van der Waals surface area (Å²) in [4.78, 5) is 4.23. The van der Waals surface area contributed by atoms with Crippen LogP contribution >= 0.6 is 15.9 Å². The second-order valence-electron chi connectivity index (χ2n) is 3.80. The average Bonchev–Trinajstić information content (AvgIpc) is 2.39. The molecule has 0 atom stereocenters. The monoisotopic (exact) mass is 306 g/mol. The number of rotatable bonds is 5. The van der Waals surface area contributed by atoms with Gasteiger partial charge in [-0.15, -0.1) is 0 Å². The van der Waals surface area contributed by atoms with Crippen molar-refractivity contribution >= 4 is 21.7 Å². The molecule has 0 bridgehead atoms. The van der Waals surface area contributed by atoms with Gasteiger partial charge in [-0.3, -0.25) is 0 Å². The zero-order valence-electron chi connectivity index (χ0n) is 10.2. The van der Waals surface area contributed by atoms with Gasteiger partial charge in [-0.1, -0.05) is 12.1 Å². The van der Waals surface area contributed by atoms with E-state index in [-0.39, 0.29) is 0 Å². The van der Waals surface area contributed by atoms with E-state index >= 15 is 0 Å². The van der Waals surface area contributed by atoms with E-state index in [2.05, 4.69) is 26.2 Å². The molecule has 0 saturated carbocycles. The minimum Gasteiger partial charge on any atom is -0.488 e. The number of halogens is 1. The summed E-state index contributed by atoms with van der Waals surface area (Å²) >= 11 is 3.46. The van der Waals surface area contributed by atoms with Crippen LogP contribution in [-0.4, -0.2) is 11.5 Å². The predicted molar refractivity (Wildman–Crippen MR) is 76.9 cm³/mol. The Hall–Kier alpha value is -1.55. The van der Waals surface area contributed by atoms with Crippen LogP contribution in [0.5, 0.6) is 5.75 Å². The topological polar surface area (TPSA) is 34.1 Å². The van der Waals surface area contributed by atoms with Crippen molar-refractivity contribution in [2.75, 3.05) is 11.9 Å². The van der Waals surface area contributed by atoms with Gasteiger partial charge in [0.2, 0.25) is 0 Å². The number of aromatic nitrogens is 1. The summed E-state index contributed by atoms with van der Waals surface area (Å²) in [5.74, 6) is 1.73. The third kappa shape index (κ3) is 3.47. The smallest absolute Gasteiger partial charge is 0.133 e. The van der Waals surface area contributed by atoms with Crippen molar-refractivity contribution in [1.29, 1.82) is 0 Å². The predicted octanol–water partition coefficient (Wildman–Crippen LogP) is 3.85. The van der Waals surface area contributed by atoms with Crippen LogP contribution in [0.4, 0.5) is 5.82 Å². The lowest BCUT2D eigenvalue weighted by molar-refractivity contribution is 0.304. The van der Waals surface area contributed by atoms with E-state index in [1.54, 1.807) is 6.20 Å². The number of benzene rings is 1. The third-order valence-corrected chi connectivity index (χ3v) is 3.07. The van der Waals surface area contributed by atoms with Crippen molar-refractivity contribution < 1.29 is 4.74 Å². The summed E-state index contributed by atoms with van der Waals surface area (Å²) in [6, 6.07) is 11.8. The molecule has 1 aromatic heterocycles. The highest BCUT2D eigenvalue weighted by molar-refractivity contribution is 9.10. The molecule has 0 aliphatic carbocycles. The van der Waals surface area contributed by atoms with E-state index in [1.807, 2.05) is 43.3 Å². The SMILES string of the molecule is CCNc1cc(COc2ccccc2Br)ccn1. The fourth-order valence-electron chi connectivity index (χ4n) is 1.56. The van der Waals surface area contributed by atoms with E-state index in [0.717, 1.165) is 28.1 Å². The summed E-state index contributed by atoms with van der Waals surface area (Å²) in [5.41, 5.74) is 1.09. The second-order valence-corrected chi connectivity index (χ2v) is 4.65. The fraction of sp³-hybridized carbons (Fsp3) is 0.214. The maximum Gasteiger partial charge on any atom is 0.133 e. The van der Waals surface area contributed by atoms with Gasteiger partial charge >= 0.3 is 0 Å². The highest BCUT2D eigenvalue weighted by Gasteiger charge is 2.01. The Bertz CT molecular complexity index is 517. The number of nitrogens with zero attached hydrogens (tertiary/aromatic N) is 1. The van der Waals surface area contributed by atoms with E-state index in [9.17, 15) is 0 Å². The van der Waals surface area contributed by atoms with Gasteiger partial charge in [0.25, 0.3) is 0 Å². The lowest BCUT2D eigenvalue weighted by atomic mass is 10.2. The Morgan fingerprint density at radius 2 is 2.11 bits per heavy atom. The van der Waals surface area contributed by atoms with Crippen LogP contribution in [0.1, 0.15) is 12.5 Å². The molecule has 2 rings (SSSR count). The van der Waals surface area contributed by atoms with E-state index in [4.69, 9.17) is 4.74 Å². The number of pyridine rings is 1. The minimum absolute atomic E-state index is 0.531. The number of ether oxygens (including phenoxy) is 1. The highest BCUT2D eigenvalue weighted by atomic mass is 79.9. The molecule has 1 N–H and O–H groups in total. The standard InChI is InChI=1S/C14H15BrN2O/c1-2-16-14-9-11(7-8-17-14)10-18-13-6-4-3-5-12(13)15/h3-9H,2,10H2,1H3,(H,16,17). The van der Waals surface area contributed by atoms with Crippen LogP contribution in [0.3, 0.4) is 0 Å². The Morgan fingerprint density at radius 3 is 2.89 bits per heavy atom. The van der Waals surface area contributed by atoms with Gasteiger partial charge in [0, 0.05) is 12.7 Å². The van der Waals surface area contributed by atoms with Gasteiger partial charge in [-0.2, -0.15) is 0 Å². The first-order valence-electron chi connectivity index (χ1n) is 5.85. The van der Waals surface area contributed by atoms with Crippen molar-refractivity contribution in [3.63, 3.8) is 0 Å². The Morgan fingerprint density at radius 1 is 1.28 bits per heavy atom. The molecule has 18 heavy (non-hydrogen) atoms. The molecule has 0 saturated heterocycles. The Balaban J connectivity index is 2.02. The second kappa shape index (κ2) is 6.40. The summed E-state index contributed by atoms with van der Waals surface area (Å²) in [6.45, 7) is 3.44. The first-order chi connectivity index (χ1) is 8.79. The van der Waals surface area contributed by atoms with Gasteiger partial charge in [0.1, 0.15) is 18.2 Å². The summed E-state index contributed by atoms with van der Waals surface area (Å²) in [7, 11) is 0. The van der Waals surface area contributed by atoms with Gasteiger partial charge in [-0.05, 0) is 52.7 Å². The quantitative estimate of drug-likeness (QED) is 0.911. The zero-order chi connectivity index (χ0) is 12.8. The Kier molecular flexibility index (Phi) is 4.59. The molecule has 0 fully saturated rings. The molecule has 1 aromatic carbocycles. The van der Waals surface area contributed by atoms with Gasteiger partial charge < -0.3 is 10.1 Å². The largest absolute Gasteiger partial charge is 0.488 e. The van der Waals surface area contributed by atoms with Crippen LogP contribution < -0.4 is 10.1 Å². The van der Waals surface area contributed by atoms with Crippen molar-refractivity contribution in [1.82, 2.24) is 4.98 Å². The van der Waals surface area contributed by atoms with Gasteiger partial charge in [0.15, 0.2) is 0 Å². The van der Waals surface area contributed by atoms with Crippen LogP contribution in [-0.2, 0) is 6.61 Å². The molecule has 0 aliphatic heterocycles. The van der Waals surface area contributed by atoms with Crippen molar-refractivity contribution in [3.05, 3.63) is 52.6 Å². The van der Waals surface area contributed by atoms with Gasteiger partial charge in [0.05, 0.1) is 4.47 Å². The summed E-state index contributed by atoms with van der Waals surface area (Å²) < 4.78 is 6.72. The zero-order valence-corrected chi connectivity index (χ0v) is 11.8. The van der Waals surface area contributed by atoms with E-state index in [1.165, 1.54) is 0 Å². The maximum absolute atomic E-state index is 5.75.